The summed E-state index contributed by atoms with van der Waals surface area (Å²) in [6, 6.07) is 16.5. The number of rotatable bonds is 4. The second kappa shape index (κ2) is 6.36. The molecule has 2 atom stereocenters. The van der Waals surface area contributed by atoms with Gasteiger partial charge in [0.2, 0.25) is 0 Å². The second-order valence-corrected chi connectivity index (χ2v) is 8.35. The highest BCUT2D eigenvalue weighted by Gasteiger charge is 2.55. The molecule has 5 rings (SSSR count). The van der Waals surface area contributed by atoms with Crippen molar-refractivity contribution in [3.63, 3.8) is 0 Å². The van der Waals surface area contributed by atoms with Crippen molar-refractivity contribution in [2.45, 2.75) is 25.2 Å². The molecule has 5 nitrogen and oxygen atoms in total. The van der Waals surface area contributed by atoms with Crippen LogP contribution in [0.4, 0.5) is 4.79 Å². The van der Waals surface area contributed by atoms with Gasteiger partial charge in [0, 0.05) is 24.4 Å². The number of ether oxygens (including phenoxy) is 1. The van der Waals surface area contributed by atoms with Crippen LogP contribution in [-0.4, -0.2) is 41.8 Å². The zero-order valence-corrected chi connectivity index (χ0v) is 15.6. The normalized spacial score (nSPS) is 24.9. The Balaban J connectivity index is 1.30. The number of carbonyl (C=O) groups excluding carboxylic acids is 1. The summed E-state index contributed by atoms with van der Waals surface area (Å²) >= 11 is 0. The lowest BCUT2D eigenvalue weighted by molar-refractivity contribution is -0.142. The van der Waals surface area contributed by atoms with Crippen molar-refractivity contribution >= 4 is 12.1 Å². The number of likely N-dealkylation sites (tertiary alicyclic amines) is 1. The molecule has 2 aliphatic carbocycles. The first-order valence-corrected chi connectivity index (χ1v) is 9.89. The van der Waals surface area contributed by atoms with Crippen LogP contribution in [0.1, 0.15) is 36.3 Å². The van der Waals surface area contributed by atoms with Gasteiger partial charge in [-0.05, 0) is 41.0 Å². The standard InChI is InChI=1S/C23H23NO4/c25-21(26)11-23-10-9-15(23)12-24(14-23)22(27)28-13-20-18-7-3-1-5-16(18)17-6-2-4-8-19(17)20/h1-8,15,20H,9-14H2,(H,25,26). The molecule has 28 heavy (non-hydrogen) atoms. The average molecular weight is 377 g/mol. The van der Waals surface area contributed by atoms with Crippen molar-refractivity contribution < 1.29 is 19.4 Å². The molecular weight excluding hydrogens is 354 g/mol. The molecule has 0 aromatic heterocycles. The van der Waals surface area contributed by atoms with E-state index in [1.807, 2.05) is 24.3 Å². The van der Waals surface area contributed by atoms with Crippen LogP contribution in [0.15, 0.2) is 48.5 Å². The smallest absolute Gasteiger partial charge is 0.409 e. The van der Waals surface area contributed by atoms with Crippen LogP contribution in [0.5, 0.6) is 0 Å². The van der Waals surface area contributed by atoms with Gasteiger partial charge in [0.25, 0.3) is 0 Å². The van der Waals surface area contributed by atoms with Gasteiger partial charge in [-0.2, -0.15) is 0 Å². The van der Waals surface area contributed by atoms with E-state index in [0.29, 0.717) is 25.6 Å². The zero-order chi connectivity index (χ0) is 19.3. The lowest BCUT2D eigenvalue weighted by Gasteiger charge is -2.42. The number of hydrogen-bond acceptors (Lipinski definition) is 3. The first-order chi connectivity index (χ1) is 13.6. The second-order valence-electron chi connectivity index (χ2n) is 8.35. The molecule has 144 valence electrons. The maximum absolute atomic E-state index is 12.7. The van der Waals surface area contributed by atoms with Crippen LogP contribution >= 0.6 is 0 Å². The van der Waals surface area contributed by atoms with Crippen LogP contribution in [0.2, 0.25) is 0 Å². The first-order valence-electron chi connectivity index (χ1n) is 9.89. The number of carboxylic acids is 1. The fourth-order valence-corrected chi connectivity index (χ4v) is 5.37. The van der Waals surface area contributed by atoms with E-state index >= 15 is 0 Å². The maximum Gasteiger partial charge on any atom is 0.409 e. The van der Waals surface area contributed by atoms with Gasteiger partial charge in [-0.25, -0.2) is 4.79 Å². The maximum atomic E-state index is 12.7. The highest BCUT2D eigenvalue weighted by Crippen LogP contribution is 2.54. The van der Waals surface area contributed by atoms with Gasteiger partial charge in [0.1, 0.15) is 6.61 Å². The SMILES string of the molecule is O=C(O)CC12CCC1CN(C(=O)OCC1c3ccccc3-c3ccccc31)C2. The number of nitrogens with zero attached hydrogens (tertiary/aromatic N) is 1. The van der Waals surface area contributed by atoms with E-state index in [9.17, 15) is 14.7 Å². The molecular formula is C23H23NO4. The molecule has 2 fully saturated rings. The molecule has 1 aliphatic heterocycles. The molecule has 2 aromatic carbocycles. The number of hydrogen-bond donors (Lipinski definition) is 1. The predicted octanol–water partition coefficient (Wildman–Crippen LogP) is 4.12. The number of fused-ring (bicyclic) bond motifs is 4. The van der Waals surface area contributed by atoms with E-state index in [1.54, 1.807) is 4.90 Å². The molecule has 0 radical (unpaired) electrons. The highest BCUT2D eigenvalue weighted by atomic mass is 16.6. The molecule has 1 saturated heterocycles. The minimum Gasteiger partial charge on any atom is -0.481 e. The van der Waals surface area contributed by atoms with Crippen molar-refractivity contribution in [3.8, 4) is 11.1 Å². The molecule has 3 aliphatic rings. The summed E-state index contributed by atoms with van der Waals surface area (Å²) in [4.78, 5) is 25.7. The number of amides is 1. The third-order valence-corrected chi connectivity index (χ3v) is 6.90. The fraction of sp³-hybridized carbons (Fsp3) is 0.391. The zero-order valence-electron chi connectivity index (χ0n) is 15.6. The summed E-state index contributed by atoms with van der Waals surface area (Å²) in [5.74, 6) is -0.438. The highest BCUT2D eigenvalue weighted by molar-refractivity contribution is 5.79. The third-order valence-electron chi connectivity index (χ3n) is 6.90. The molecule has 1 N–H and O–H groups in total. The number of carboxylic acid groups (broad SMARTS) is 1. The van der Waals surface area contributed by atoms with Crippen molar-refractivity contribution in [2.24, 2.45) is 11.3 Å². The van der Waals surface area contributed by atoms with Crippen molar-refractivity contribution in [3.05, 3.63) is 59.7 Å². The van der Waals surface area contributed by atoms with Crippen molar-refractivity contribution in [2.75, 3.05) is 19.7 Å². The lowest BCUT2D eigenvalue weighted by atomic mass is 9.60. The molecule has 1 amide bonds. The topological polar surface area (TPSA) is 66.8 Å². The van der Waals surface area contributed by atoms with Gasteiger partial charge in [-0.3, -0.25) is 4.79 Å². The van der Waals surface area contributed by atoms with E-state index in [1.165, 1.54) is 22.3 Å². The number of benzene rings is 2. The van der Waals surface area contributed by atoms with E-state index in [0.717, 1.165) is 12.8 Å². The van der Waals surface area contributed by atoms with E-state index < -0.39 is 5.97 Å². The Morgan fingerprint density at radius 2 is 1.71 bits per heavy atom. The Morgan fingerprint density at radius 1 is 1.07 bits per heavy atom. The van der Waals surface area contributed by atoms with Gasteiger partial charge in [0.15, 0.2) is 0 Å². The summed E-state index contributed by atoms with van der Waals surface area (Å²) in [5.41, 5.74) is 4.57. The Morgan fingerprint density at radius 3 is 2.29 bits per heavy atom. The predicted molar refractivity (Wildman–Crippen MR) is 104 cm³/mol. The van der Waals surface area contributed by atoms with E-state index in [-0.39, 0.29) is 23.8 Å². The van der Waals surface area contributed by atoms with Gasteiger partial charge in [-0.15, -0.1) is 0 Å². The summed E-state index contributed by atoms with van der Waals surface area (Å²) < 4.78 is 5.74. The van der Waals surface area contributed by atoms with Crippen molar-refractivity contribution in [1.82, 2.24) is 4.90 Å². The lowest BCUT2D eigenvalue weighted by Crippen LogP contribution is -2.41. The van der Waals surface area contributed by atoms with Crippen LogP contribution in [-0.2, 0) is 9.53 Å². The number of aliphatic carboxylic acids is 1. The van der Waals surface area contributed by atoms with Crippen LogP contribution < -0.4 is 0 Å². The molecule has 0 spiro atoms. The van der Waals surface area contributed by atoms with E-state index in [2.05, 4.69) is 24.3 Å². The summed E-state index contributed by atoms with van der Waals surface area (Å²) in [5, 5.41) is 9.21. The van der Waals surface area contributed by atoms with Crippen LogP contribution in [0.3, 0.4) is 0 Å². The monoisotopic (exact) mass is 377 g/mol. The quantitative estimate of drug-likeness (QED) is 0.870. The largest absolute Gasteiger partial charge is 0.481 e. The Labute approximate surface area is 163 Å². The average Bonchev–Trinajstić information content (AvgIpc) is 3.13. The molecule has 1 heterocycles. The summed E-state index contributed by atoms with van der Waals surface area (Å²) in [6.45, 7) is 1.42. The van der Waals surface area contributed by atoms with Crippen LogP contribution in [0, 0.1) is 11.3 Å². The van der Waals surface area contributed by atoms with Gasteiger partial charge in [-0.1, -0.05) is 48.5 Å². The first kappa shape index (κ1) is 17.3. The Kier molecular flexibility index (Phi) is 3.93. The minimum absolute atomic E-state index is 0.0451. The van der Waals surface area contributed by atoms with Gasteiger partial charge in [0.05, 0.1) is 6.42 Å². The summed E-state index contributed by atoms with van der Waals surface area (Å²) in [7, 11) is 0. The molecule has 0 bridgehead atoms. The fourth-order valence-electron chi connectivity index (χ4n) is 5.37. The Bertz CT molecular complexity index is 910. The molecule has 2 unspecified atom stereocenters. The van der Waals surface area contributed by atoms with Gasteiger partial charge >= 0.3 is 12.1 Å². The molecule has 1 saturated carbocycles. The minimum atomic E-state index is -0.779. The van der Waals surface area contributed by atoms with Crippen LogP contribution in [0.25, 0.3) is 11.1 Å². The van der Waals surface area contributed by atoms with E-state index in [4.69, 9.17) is 4.74 Å². The third kappa shape index (κ3) is 2.60. The molecule has 2 aromatic rings. The Hall–Kier alpha value is -2.82. The summed E-state index contributed by atoms with van der Waals surface area (Å²) in [6.07, 6.45) is 1.71. The van der Waals surface area contributed by atoms with Gasteiger partial charge < -0.3 is 14.7 Å². The van der Waals surface area contributed by atoms with Crippen molar-refractivity contribution in [1.29, 1.82) is 0 Å². The number of carbonyl (C=O) groups is 2. The molecule has 5 heteroatoms.